The van der Waals surface area contributed by atoms with E-state index in [2.05, 4.69) is 10.9 Å². The molecule has 0 spiro atoms. The van der Waals surface area contributed by atoms with Gasteiger partial charge in [-0.25, -0.2) is 8.42 Å². The minimum atomic E-state index is -3.84. The maximum atomic E-state index is 12.5. The van der Waals surface area contributed by atoms with E-state index < -0.39 is 34.3 Å². The average molecular weight is 434 g/mol. The highest BCUT2D eigenvalue weighted by Crippen LogP contribution is 2.15. The summed E-state index contributed by atoms with van der Waals surface area (Å²) < 4.78 is 30.9. The van der Waals surface area contributed by atoms with Crippen LogP contribution in [0.3, 0.4) is 0 Å². The molecule has 0 aliphatic rings. The van der Waals surface area contributed by atoms with E-state index in [4.69, 9.17) is 10.5 Å². The molecule has 0 fully saturated rings. The van der Waals surface area contributed by atoms with Crippen molar-refractivity contribution in [2.75, 3.05) is 20.2 Å². The number of amides is 3. The van der Waals surface area contributed by atoms with Crippen LogP contribution in [0.4, 0.5) is 0 Å². The molecule has 2 rings (SSSR count). The molecule has 0 aliphatic heterocycles. The van der Waals surface area contributed by atoms with E-state index in [-0.39, 0.29) is 17.1 Å². The summed E-state index contributed by atoms with van der Waals surface area (Å²) in [5.74, 6) is -1.62. The molecule has 0 heterocycles. The molecule has 0 bridgehead atoms. The third kappa shape index (κ3) is 6.29. The van der Waals surface area contributed by atoms with Crippen molar-refractivity contribution in [1.82, 2.24) is 15.2 Å². The Hall–Kier alpha value is -3.44. The topological polar surface area (TPSA) is 148 Å². The second-order valence-corrected chi connectivity index (χ2v) is 8.40. The van der Waals surface area contributed by atoms with Crippen LogP contribution in [0.2, 0.25) is 0 Å². The number of nitrogens with zero attached hydrogens (tertiary/aromatic N) is 1. The van der Waals surface area contributed by atoms with Crippen molar-refractivity contribution in [2.45, 2.75) is 11.8 Å². The number of primary amides is 1. The number of aryl methyl sites for hydroxylation is 1. The summed E-state index contributed by atoms with van der Waals surface area (Å²) in [5.41, 5.74) is 10.5. The summed E-state index contributed by atoms with van der Waals surface area (Å²) in [6.45, 7) is 1.05. The first kappa shape index (κ1) is 22.8. The monoisotopic (exact) mass is 434 g/mol. The number of carbonyl (C=O) groups is 3. The largest absolute Gasteiger partial charge is 0.484 e. The van der Waals surface area contributed by atoms with Gasteiger partial charge in [-0.3, -0.25) is 25.2 Å². The van der Waals surface area contributed by atoms with Crippen LogP contribution in [0, 0.1) is 6.92 Å². The van der Waals surface area contributed by atoms with Gasteiger partial charge in [0.15, 0.2) is 6.61 Å². The summed E-state index contributed by atoms with van der Waals surface area (Å²) in [5, 5.41) is 0. The fraction of sp³-hybridized carbons (Fsp3) is 0.211. The maximum Gasteiger partial charge on any atom is 0.269 e. The van der Waals surface area contributed by atoms with Crippen LogP contribution in [0.1, 0.15) is 15.9 Å². The van der Waals surface area contributed by atoms with Crippen molar-refractivity contribution in [3.05, 3.63) is 59.7 Å². The fourth-order valence-corrected chi connectivity index (χ4v) is 3.40. The van der Waals surface area contributed by atoms with Gasteiger partial charge in [-0.2, -0.15) is 4.31 Å². The van der Waals surface area contributed by atoms with Gasteiger partial charge >= 0.3 is 0 Å². The van der Waals surface area contributed by atoms with Crippen LogP contribution in [0.5, 0.6) is 5.75 Å². The Labute approximate surface area is 174 Å². The Morgan fingerprint density at radius 2 is 1.60 bits per heavy atom. The molecule has 2 aromatic carbocycles. The second kappa shape index (κ2) is 9.85. The van der Waals surface area contributed by atoms with E-state index in [0.717, 1.165) is 9.87 Å². The zero-order valence-electron chi connectivity index (χ0n) is 16.4. The van der Waals surface area contributed by atoms with Crippen molar-refractivity contribution in [1.29, 1.82) is 0 Å². The molecule has 4 N–H and O–H groups in total. The van der Waals surface area contributed by atoms with Gasteiger partial charge in [0.25, 0.3) is 17.7 Å². The Balaban J connectivity index is 1.88. The summed E-state index contributed by atoms with van der Waals surface area (Å²) in [4.78, 5) is 34.9. The van der Waals surface area contributed by atoms with E-state index in [9.17, 15) is 22.8 Å². The molecule has 0 saturated heterocycles. The number of hydrogen-bond donors (Lipinski definition) is 3. The number of benzene rings is 2. The molecule has 0 aliphatic carbocycles. The van der Waals surface area contributed by atoms with Crippen LogP contribution < -0.4 is 21.3 Å². The molecular weight excluding hydrogens is 412 g/mol. The molecule has 0 radical (unpaired) electrons. The van der Waals surface area contributed by atoms with E-state index in [1.807, 2.05) is 6.92 Å². The van der Waals surface area contributed by atoms with Gasteiger partial charge < -0.3 is 10.5 Å². The van der Waals surface area contributed by atoms with Crippen LogP contribution in [0.25, 0.3) is 0 Å². The third-order valence-corrected chi connectivity index (χ3v) is 5.73. The molecule has 0 atom stereocenters. The number of ether oxygens (including phenoxy) is 1. The minimum absolute atomic E-state index is 0.0612. The molecule has 3 amide bonds. The molecule has 2 aromatic rings. The minimum Gasteiger partial charge on any atom is -0.484 e. The number of hydrazine groups is 1. The van der Waals surface area contributed by atoms with Gasteiger partial charge in [-0.1, -0.05) is 17.7 Å². The summed E-state index contributed by atoms with van der Waals surface area (Å²) in [6.07, 6.45) is 0. The zero-order chi connectivity index (χ0) is 22.3. The lowest BCUT2D eigenvalue weighted by atomic mass is 10.2. The lowest BCUT2D eigenvalue weighted by Crippen LogP contribution is -2.46. The number of likely N-dealkylation sites (N-methyl/N-ethyl adjacent to an activating group) is 1. The Bertz CT molecular complexity index is 1020. The summed E-state index contributed by atoms with van der Waals surface area (Å²) >= 11 is 0. The van der Waals surface area contributed by atoms with Crippen molar-refractivity contribution in [3.8, 4) is 5.75 Å². The third-order valence-electron chi connectivity index (χ3n) is 3.91. The number of nitrogens with two attached hydrogens (primary N) is 1. The van der Waals surface area contributed by atoms with Crippen LogP contribution in [0.15, 0.2) is 53.4 Å². The van der Waals surface area contributed by atoms with E-state index in [1.165, 1.54) is 43.4 Å². The number of carbonyl (C=O) groups excluding carboxylic acids is 3. The second-order valence-electron chi connectivity index (χ2n) is 6.36. The Morgan fingerprint density at radius 1 is 1.00 bits per heavy atom. The van der Waals surface area contributed by atoms with Crippen LogP contribution >= 0.6 is 0 Å². The molecule has 160 valence electrons. The number of nitrogens with one attached hydrogen (secondary N) is 2. The molecule has 0 saturated carbocycles. The van der Waals surface area contributed by atoms with E-state index in [1.54, 1.807) is 12.1 Å². The van der Waals surface area contributed by atoms with Gasteiger partial charge in [0.1, 0.15) is 5.75 Å². The fourth-order valence-electron chi connectivity index (χ4n) is 2.27. The molecule has 0 aromatic heterocycles. The average Bonchev–Trinajstić information content (AvgIpc) is 2.71. The molecular formula is C19H22N4O6S. The highest BCUT2D eigenvalue weighted by atomic mass is 32.2. The first-order chi connectivity index (χ1) is 14.1. The van der Waals surface area contributed by atoms with Crippen LogP contribution in [-0.2, 0) is 19.6 Å². The number of rotatable bonds is 8. The van der Waals surface area contributed by atoms with Gasteiger partial charge in [0.05, 0.1) is 11.4 Å². The predicted molar refractivity (Wildman–Crippen MR) is 108 cm³/mol. The first-order valence-electron chi connectivity index (χ1n) is 8.73. The SMILES string of the molecule is Cc1ccc(S(=O)(=O)N(C)CC(=O)NNC(=O)c2ccc(OCC(N)=O)cc2)cc1. The van der Waals surface area contributed by atoms with E-state index >= 15 is 0 Å². The summed E-state index contributed by atoms with van der Waals surface area (Å²) in [6, 6.07) is 12.0. The number of sulfonamides is 1. The van der Waals surface area contributed by atoms with Crippen molar-refractivity contribution >= 4 is 27.7 Å². The summed E-state index contributed by atoms with van der Waals surface area (Å²) in [7, 11) is -2.58. The van der Waals surface area contributed by atoms with Crippen molar-refractivity contribution < 1.29 is 27.5 Å². The molecule has 0 unspecified atom stereocenters. The highest BCUT2D eigenvalue weighted by Gasteiger charge is 2.23. The van der Waals surface area contributed by atoms with Crippen molar-refractivity contribution in [2.24, 2.45) is 5.73 Å². The van der Waals surface area contributed by atoms with Gasteiger partial charge in [0.2, 0.25) is 10.0 Å². The molecule has 10 nitrogen and oxygen atoms in total. The molecule has 30 heavy (non-hydrogen) atoms. The van der Waals surface area contributed by atoms with Crippen molar-refractivity contribution in [3.63, 3.8) is 0 Å². The lowest BCUT2D eigenvalue weighted by molar-refractivity contribution is -0.122. The first-order valence-corrected chi connectivity index (χ1v) is 10.2. The van der Waals surface area contributed by atoms with Gasteiger partial charge in [-0.05, 0) is 43.3 Å². The van der Waals surface area contributed by atoms with E-state index in [0.29, 0.717) is 5.75 Å². The van der Waals surface area contributed by atoms with Gasteiger partial charge in [0, 0.05) is 12.6 Å². The van der Waals surface area contributed by atoms with Crippen LogP contribution in [-0.4, -0.2) is 50.6 Å². The Kier molecular flexibility index (Phi) is 7.50. The quantitative estimate of drug-likeness (QED) is 0.496. The Morgan fingerprint density at radius 3 is 2.17 bits per heavy atom. The van der Waals surface area contributed by atoms with Gasteiger partial charge in [-0.15, -0.1) is 0 Å². The smallest absolute Gasteiger partial charge is 0.269 e. The lowest BCUT2D eigenvalue weighted by Gasteiger charge is -2.17. The predicted octanol–water partition coefficient (Wildman–Crippen LogP) is -0.0592. The normalized spacial score (nSPS) is 11.0. The number of hydrogen-bond acceptors (Lipinski definition) is 6. The standard InChI is InChI=1S/C19H22N4O6S/c1-13-3-9-16(10-4-13)30(27,28)23(2)11-18(25)21-22-19(26)14-5-7-15(8-6-14)29-12-17(20)24/h3-10H,11-12H2,1-2H3,(H2,20,24)(H,21,25)(H,22,26). The maximum absolute atomic E-state index is 12.5. The highest BCUT2D eigenvalue weighted by molar-refractivity contribution is 7.89. The molecule has 11 heteroatoms. The zero-order valence-corrected chi connectivity index (χ0v) is 17.2.